The van der Waals surface area contributed by atoms with Gasteiger partial charge in [-0.2, -0.15) is 9.41 Å². The largest absolute Gasteiger partial charge is 0.379 e. The molecule has 29 heavy (non-hydrogen) atoms. The highest BCUT2D eigenvalue weighted by molar-refractivity contribution is 7.89. The zero-order valence-corrected chi connectivity index (χ0v) is 17.2. The number of hydrazone groups is 1. The van der Waals surface area contributed by atoms with Crippen LogP contribution in [0.15, 0.2) is 46.4 Å². The number of benzene rings is 2. The molecule has 1 saturated heterocycles. The maximum atomic E-state index is 12.7. The van der Waals surface area contributed by atoms with E-state index in [1.165, 1.54) is 22.7 Å². The van der Waals surface area contributed by atoms with Crippen molar-refractivity contribution in [3.05, 3.63) is 62.1 Å². The first-order valence-electron chi connectivity index (χ1n) is 8.40. The van der Waals surface area contributed by atoms with Crippen LogP contribution in [0.3, 0.4) is 0 Å². The molecule has 154 valence electrons. The first-order valence-corrected chi connectivity index (χ1v) is 10.6. The fourth-order valence-corrected chi connectivity index (χ4v) is 4.43. The van der Waals surface area contributed by atoms with Crippen molar-refractivity contribution in [2.45, 2.75) is 4.90 Å². The van der Waals surface area contributed by atoms with Crippen molar-refractivity contribution >= 4 is 50.8 Å². The number of hydrogen-bond acceptors (Lipinski definition) is 7. The lowest BCUT2D eigenvalue weighted by Crippen LogP contribution is -2.40. The zero-order chi connectivity index (χ0) is 21.0. The minimum absolute atomic E-state index is 0.0327. The number of ether oxygens (including phenoxy) is 1. The van der Waals surface area contributed by atoms with Crippen molar-refractivity contribution in [3.8, 4) is 0 Å². The third-order valence-electron chi connectivity index (χ3n) is 4.14. The van der Waals surface area contributed by atoms with Crippen molar-refractivity contribution in [1.82, 2.24) is 4.31 Å². The number of anilines is 1. The lowest BCUT2D eigenvalue weighted by molar-refractivity contribution is -0.384. The fraction of sp³-hybridized carbons (Fsp3) is 0.235. The highest BCUT2D eigenvalue weighted by Crippen LogP contribution is 2.29. The Morgan fingerprint density at radius 3 is 2.62 bits per heavy atom. The van der Waals surface area contributed by atoms with E-state index in [2.05, 4.69) is 10.5 Å². The van der Waals surface area contributed by atoms with Crippen LogP contribution in [0.1, 0.15) is 5.56 Å². The number of nitrogens with zero attached hydrogens (tertiary/aromatic N) is 3. The van der Waals surface area contributed by atoms with Gasteiger partial charge in [0.05, 0.1) is 39.3 Å². The van der Waals surface area contributed by atoms with Crippen LogP contribution in [-0.4, -0.2) is 50.2 Å². The second-order valence-electron chi connectivity index (χ2n) is 5.97. The normalized spacial score (nSPS) is 15.5. The molecule has 0 aliphatic carbocycles. The van der Waals surface area contributed by atoms with Crippen molar-refractivity contribution in [2.75, 3.05) is 31.7 Å². The third kappa shape index (κ3) is 4.85. The first kappa shape index (κ1) is 21.5. The van der Waals surface area contributed by atoms with Gasteiger partial charge in [-0.1, -0.05) is 35.3 Å². The third-order valence-corrected chi connectivity index (χ3v) is 6.87. The molecule has 1 heterocycles. The van der Waals surface area contributed by atoms with Gasteiger partial charge >= 0.3 is 0 Å². The summed E-state index contributed by atoms with van der Waals surface area (Å²) in [6, 6.07) is 8.57. The van der Waals surface area contributed by atoms with Gasteiger partial charge in [0.15, 0.2) is 0 Å². The molecule has 0 atom stereocenters. The summed E-state index contributed by atoms with van der Waals surface area (Å²) in [6.45, 7) is 0.950. The lowest BCUT2D eigenvalue weighted by Gasteiger charge is -2.26. The van der Waals surface area contributed by atoms with E-state index in [-0.39, 0.29) is 36.9 Å². The van der Waals surface area contributed by atoms with Gasteiger partial charge in [0.1, 0.15) is 5.69 Å². The maximum absolute atomic E-state index is 12.7. The number of nitro groups is 1. The summed E-state index contributed by atoms with van der Waals surface area (Å²) in [5.41, 5.74) is 2.67. The van der Waals surface area contributed by atoms with Crippen LogP contribution in [-0.2, 0) is 14.8 Å². The molecule has 3 rings (SSSR count). The van der Waals surface area contributed by atoms with Gasteiger partial charge in [-0.15, -0.1) is 0 Å². The molecule has 0 saturated carbocycles. The molecule has 0 amide bonds. The van der Waals surface area contributed by atoms with Crippen LogP contribution >= 0.6 is 23.2 Å². The zero-order valence-electron chi connectivity index (χ0n) is 14.9. The number of nitro benzene ring substituents is 1. The number of morpholine rings is 1. The van der Waals surface area contributed by atoms with Gasteiger partial charge in [-0.05, 0) is 18.2 Å². The van der Waals surface area contributed by atoms with Crippen LogP contribution in [0.2, 0.25) is 10.0 Å². The minimum Gasteiger partial charge on any atom is -0.379 e. The number of rotatable bonds is 6. The Kier molecular flexibility index (Phi) is 6.70. The summed E-state index contributed by atoms with van der Waals surface area (Å²) in [5, 5.41) is 16.0. The van der Waals surface area contributed by atoms with E-state index in [4.69, 9.17) is 27.9 Å². The van der Waals surface area contributed by atoms with Crippen LogP contribution in [0.4, 0.5) is 11.4 Å². The summed E-state index contributed by atoms with van der Waals surface area (Å²) in [4.78, 5) is 10.6. The Morgan fingerprint density at radius 1 is 1.21 bits per heavy atom. The number of halogens is 2. The smallest absolute Gasteiger partial charge is 0.295 e. The van der Waals surface area contributed by atoms with Crippen LogP contribution in [0, 0.1) is 10.1 Å². The Labute approximate surface area is 177 Å². The molecule has 0 radical (unpaired) electrons. The van der Waals surface area contributed by atoms with Gasteiger partial charge in [0, 0.05) is 24.7 Å². The van der Waals surface area contributed by atoms with Gasteiger partial charge in [-0.25, -0.2) is 8.42 Å². The molecular weight excluding hydrogens is 443 g/mol. The predicted molar refractivity (Wildman–Crippen MR) is 110 cm³/mol. The van der Waals surface area contributed by atoms with Crippen LogP contribution < -0.4 is 5.43 Å². The predicted octanol–water partition coefficient (Wildman–Crippen LogP) is 3.37. The van der Waals surface area contributed by atoms with Crippen molar-refractivity contribution in [2.24, 2.45) is 5.10 Å². The van der Waals surface area contributed by atoms with E-state index in [0.29, 0.717) is 15.6 Å². The number of nitrogens with one attached hydrogen (secondary N) is 1. The molecule has 1 fully saturated rings. The maximum Gasteiger partial charge on any atom is 0.295 e. The van der Waals surface area contributed by atoms with E-state index in [9.17, 15) is 18.5 Å². The van der Waals surface area contributed by atoms with E-state index in [1.54, 1.807) is 18.2 Å². The second kappa shape index (κ2) is 9.06. The molecule has 0 bridgehead atoms. The molecule has 2 aromatic rings. The van der Waals surface area contributed by atoms with Crippen molar-refractivity contribution in [1.29, 1.82) is 0 Å². The summed E-state index contributed by atoms with van der Waals surface area (Å²) in [5.74, 6) is 0. The van der Waals surface area contributed by atoms with Gasteiger partial charge in [0.25, 0.3) is 5.69 Å². The van der Waals surface area contributed by atoms with E-state index in [0.717, 1.165) is 6.07 Å². The SMILES string of the molecule is O=[N+]([O-])c1cc(S(=O)(=O)N2CCOCC2)ccc1N/N=C/c1cccc(Cl)c1Cl. The molecular formula is C17H16Cl2N4O5S. The molecule has 1 aliphatic heterocycles. The molecule has 0 unspecified atom stereocenters. The molecule has 0 aromatic heterocycles. The minimum atomic E-state index is -3.86. The number of hydrogen-bond donors (Lipinski definition) is 1. The topological polar surface area (TPSA) is 114 Å². The van der Waals surface area contributed by atoms with Gasteiger partial charge in [0.2, 0.25) is 10.0 Å². The molecule has 9 nitrogen and oxygen atoms in total. The first-order chi connectivity index (χ1) is 13.8. The van der Waals surface area contributed by atoms with Crippen LogP contribution in [0.25, 0.3) is 0 Å². The Balaban J connectivity index is 1.86. The molecule has 2 aromatic carbocycles. The monoisotopic (exact) mass is 458 g/mol. The molecule has 12 heteroatoms. The van der Waals surface area contributed by atoms with E-state index < -0.39 is 20.6 Å². The molecule has 1 N–H and O–H groups in total. The Bertz CT molecular complexity index is 1060. The summed E-state index contributed by atoms with van der Waals surface area (Å²) < 4.78 is 31.8. The lowest BCUT2D eigenvalue weighted by atomic mass is 10.2. The average molecular weight is 459 g/mol. The Hall–Kier alpha value is -2.24. The van der Waals surface area contributed by atoms with Gasteiger partial charge < -0.3 is 4.74 Å². The summed E-state index contributed by atoms with van der Waals surface area (Å²) in [6.07, 6.45) is 1.36. The van der Waals surface area contributed by atoms with Crippen LogP contribution in [0.5, 0.6) is 0 Å². The van der Waals surface area contributed by atoms with Gasteiger partial charge in [-0.3, -0.25) is 15.5 Å². The van der Waals surface area contributed by atoms with Crippen molar-refractivity contribution in [3.63, 3.8) is 0 Å². The molecule has 0 spiro atoms. The van der Waals surface area contributed by atoms with Crippen molar-refractivity contribution < 1.29 is 18.1 Å². The van der Waals surface area contributed by atoms with E-state index in [1.807, 2.05) is 0 Å². The highest BCUT2D eigenvalue weighted by Gasteiger charge is 2.28. The van der Waals surface area contributed by atoms with E-state index >= 15 is 0 Å². The Morgan fingerprint density at radius 2 is 1.93 bits per heavy atom. The average Bonchev–Trinajstić information content (AvgIpc) is 2.71. The summed E-state index contributed by atoms with van der Waals surface area (Å²) in [7, 11) is -3.86. The second-order valence-corrected chi connectivity index (χ2v) is 8.69. The summed E-state index contributed by atoms with van der Waals surface area (Å²) >= 11 is 12.0. The quantitative estimate of drug-likeness (QED) is 0.403. The standard InChI is InChI=1S/C17H16Cl2N4O5S/c18-14-3-1-2-12(17(14)19)11-20-21-15-5-4-13(10-16(15)23(24)25)29(26,27)22-6-8-28-9-7-22/h1-5,10-11,21H,6-9H2/b20-11+. The fourth-order valence-electron chi connectivity index (χ4n) is 2.65. The molecule has 1 aliphatic rings. The number of sulfonamides is 1. The highest BCUT2D eigenvalue weighted by atomic mass is 35.5.